The molecule has 1 saturated heterocycles. The van der Waals surface area contributed by atoms with Gasteiger partial charge in [0.05, 0.1) is 6.61 Å². The zero-order valence-electron chi connectivity index (χ0n) is 26.0. The standard InChI is InChI=1S/C35H46N2O5/c1-25-21-27(31-14-12-29(41-20-19-40-6)22-26(31)10-8-18-39-5)11-13-30(25)33-24-37(34(38)42-35(2,3)4)17-15-32(33)28-9-7-16-36-23-28/h7,9,11-14,16,21-23,32-33H,8,10,15,17-20,24H2,1-6H3/t32-,33-/m1/s1. The van der Waals surface area contributed by atoms with Crippen LogP contribution < -0.4 is 4.74 Å². The predicted molar refractivity (Wildman–Crippen MR) is 166 cm³/mol. The van der Waals surface area contributed by atoms with Gasteiger partial charge >= 0.3 is 6.09 Å². The van der Waals surface area contributed by atoms with Gasteiger partial charge in [0.15, 0.2) is 0 Å². The first-order valence-electron chi connectivity index (χ1n) is 14.9. The van der Waals surface area contributed by atoms with Crippen molar-refractivity contribution in [1.29, 1.82) is 0 Å². The van der Waals surface area contributed by atoms with Crippen molar-refractivity contribution >= 4 is 6.09 Å². The Labute approximate surface area is 251 Å². The molecule has 2 atom stereocenters. The van der Waals surface area contributed by atoms with Crippen LogP contribution in [0.3, 0.4) is 0 Å². The molecule has 42 heavy (non-hydrogen) atoms. The molecule has 0 aliphatic carbocycles. The molecule has 1 aliphatic heterocycles. The maximum Gasteiger partial charge on any atom is 0.410 e. The second-order valence-electron chi connectivity index (χ2n) is 12.0. The van der Waals surface area contributed by atoms with Crippen LogP contribution >= 0.6 is 0 Å². The smallest absolute Gasteiger partial charge is 0.410 e. The normalized spacial score (nSPS) is 17.2. The molecular formula is C35H46N2O5. The van der Waals surface area contributed by atoms with Crippen LogP contribution in [0.15, 0.2) is 60.9 Å². The lowest BCUT2D eigenvalue weighted by molar-refractivity contribution is 0.0183. The monoisotopic (exact) mass is 574 g/mol. The highest BCUT2D eigenvalue weighted by atomic mass is 16.6. The fraction of sp³-hybridized carbons (Fsp3) is 0.486. The number of carbonyl (C=O) groups excluding carboxylic acids is 1. The number of amides is 1. The number of likely N-dealkylation sites (tertiary alicyclic amines) is 1. The first kappa shape index (κ1) is 31.5. The lowest BCUT2D eigenvalue weighted by Crippen LogP contribution is -2.44. The molecule has 0 spiro atoms. The summed E-state index contributed by atoms with van der Waals surface area (Å²) in [6.07, 6.45) is 6.20. The van der Waals surface area contributed by atoms with E-state index in [-0.39, 0.29) is 17.9 Å². The van der Waals surface area contributed by atoms with Gasteiger partial charge in [0.1, 0.15) is 18.0 Å². The number of pyridine rings is 1. The second-order valence-corrected chi connectivity index (χ2v) is 12.0. The number of rotatable bonds is 11. The van der Waals surface area contributed by atoms with Gasteiger partial charge in [-0.1, -0.05) is 30.3 Å². The first-order valence-corrected chi connectivity index (χ1v) is 14.9. The quantitative estimate of drug-likeness (QED) is 0.226. The van der Waals surface area contributed by atoms with Crippen molar-refractivity contribution in [3.8, 4) is 16.9 Å². The van der Waals surface area contributed by atoms with Crippen LogP contribution in [0, 0.1) is 6.92 Å². The van der Waals surface area contributed by atoms with Crippen LogP contribution in [-0.2, 0) is 20.6 Å². The Balaban J connectivity index is 1.65. The van der Waals surface area contributed by atoms with E-state index in [4.69, 9.17) is 18.9 Å². The van der Waals surface area contributed by atoms with Gasteiger partial charge < -0.3 is 23.8 Å². The van der Waals surface area contributed by atoms with Gasteiger partial charge in [-0.2, -0.15) is 0 Å². The molecular weight excluding hydrogens is 528 g/mol. The van der Waals surface area contributed by atoms with Crippen molar-refractivity contribution in [1.82, 2.24) is 9.88 Å². The zero-order chi connectivity index (χ0) is 30.1. The van der Waals surface area contributed by atoms with Crippen molar-refractivity contribution in [3.05, 3.63) is 83.2 Å². The minimum Gasteiger partial charge on any atom is -0.491 e. The second kappa shape index (κ2) is 14.7. The number of ether oxygens (including phenoxy) is 4. The lowest BCUT2D eigenvalue weighted by Gasteiger charge is -2.40. The number of hydrogen-bond donors (Lipinski definition) is 0. The van der Waals surface area contributed by atoms with Crippen LogP contribution in [0.1, 0.15) is 67.7 Å². The van der Waals surface area contributed by atoms with E-state index < -0.39 is 5.60 Å². The average molecular weight is 575 g/mol. The largest absolute Gasteiger partial charge is 0.491 e. The van der Waals surface area contributed by atoms with E-state index >= 15 is 0 Å². The molecule has 1 fully saturated rings. The van der Waals surface area contributed by atoms with Gasteiger partial charge in [0, 0.05) is 52.2 Å². The molecule has 2 aromatic carbocycles. The summed E-state index contributed by atoms with van der Waals surface area (Å²) in [6.45, 7) is 10.9. The van der Waals surface area contributed by atoms with Crippen LogP contribution in [0.4, 0.5) is 4.79 Å². The maximum absolute atomic E-state index is 13.1. The predicted octanol–water partition coefficient (Wildman–Crippen LogP) is 7.17. The number of carbonyl (C=O) groups is 1. The van der Waals surface area contributed by atoms with Crippen molar-refractivity contribution in [3.63, 3.8) is 0 Å². The highest BCUT2D eigenvalue weighted by molar-refractivity contribution is 5.71. The summed E-state index contributed by atoms with van der Waals surface area (Å²) in [4.78, 5) is 19.4. The SMILES string of the molecule is COCCCc1cc(OCCOC)ccc1-c1ccc([C@H]2CN(C(=O)OC(C)(C)C)CC[C@@H]2c2cccnc2)c(C)c1. The molecule has 0 saturated carbocycles. The highest BCUT2D eigenvalue weighted by Crippen LogP contribution is 2.42. The third-order valence-electron chi connectivity index (χ3n) is 7.78. The molecule has 7 heteroatoms. The third-order valence-corrected chi connectivity index (χ3v) is 7.78. The number of piperidine rings is 1. The van der Waals surface area contributed by atoms with Crippen LogP contribution in [0.25, 0.3) is 11.1 Å². The minimum absolute atomic E-state index is 0.127. The number of methoxy groups -OCH3 is 2. The highest BCUT2D eigenvalue weighted by Gasteiger charge is 2.36. The molecule has 0 unspecified atom stereocenters. The Kier molecular flexibility index (Phi) is 11.0. The van der Waals surface area contributed by atoms with E-state index in [9.17, 15) is 4.79 Å². The average Bonchev–Trinajstić information content (AvgIpc) is 2.97. The Morgan fingerprint density at radius 1 is 1.00 bits per heavy atom. The molecule has 1 amide bonds. The number of aryl methyl sites for hydroxylation is 2. The van der Waals surface area contributed by atoms with E-state index in [1.807, 2.05) is 50.2 Å². The third kappa shape index (κ3) is 8.33. The molecule has 1 aliphatic rings. The van der Waals surface area contributed by atoms with Crippen LogP contribution in [-0.4, -0.2) is 68.7 Å². The van der Waals surface area contributed by atoms with Gasteiger partial charge in [-0.3, -0.25) is 4.98 Å². The van der Waals surface area contributed by atoms with E-state index in [2.05, 4.69) is 48.3 Å². The summed E-state index contributed by atoms with van der Waals surface area (Å²) in [6, 6.07) is 17.2. The van der Waals surface area contributed by atoms with E-state index in [1.54, 1.807) is 14.2 Å². The summed E-state index contributed by atoms with van der Waals surface area (Å²) in [5.74, 6) is 1.23. The molecule has 3 aromatic rings. The van der Waals surface area contributed by atoms with Crippen molar-refractivity contribution < 1.29 is 23.7 Å². The summed E-state index contributed by atoms with van der Waals surface area (Å²) < 4.78 is 22.1. The molecule has 226 valence electrons. The van der Waals surface area contributed by atoms with Gasteiger partial charge in [-0.05, 0) is 104 Å². The minimum atomic E-state index is -0.532. The summed E-state index contributed by atoms with van der Waals surface area (Å²) in [5.41, 5.74) is 6.74. The van der Waals surface area contributed by atoms with Crippen molar-refractivity contribution in [2.75, 3.05) is 47.1 Å². The fourth-order valence-corrected chi connectivity index (χ4v) is 5.81. The van der Waals surface area contributed by atoms with Crippen LogP contribution in [0.5, 0.6) is 5.75 Å². The molecule has 4 rings (SSSR count). The van der Waals surface area contributed by atoms with Gasteiger partial charge in [0.25, 0.3) is 0 Å². The Morgan fingerprint density at radius 3 is 2.50 bits per heavy atom. The summed E-state index contributed by atoms with van der Waals surface area (Å²) in [5, 5.41) is 0. The number of hydrogen-bond acceptors (Lipinski definition) is 6. The molecule has 1 aromatic heterocycles. The number of nitrogens with zero attached hydrogens (tertiary/aromatic N) is 2. The molecule has 0 radical (unpaired) electrons. The van der Waals surface area contributed by atoms with Gasteiger partial charge in [-0.15, -0.1) is 0 Å². The number of aromatic nitrogens is 1. The lowest BCUT2D eigenvalue weighted by atomic mass is 9.75. The van der Waals surface area contributed by atoms with E-state index in [0.29, 0.717) is 32.9 Å². The Morgan fingerprint density at radius 2 is 1.81 bits per heavy atom. The zero-order valence-corrected chi connectivity index (χ0v) is 26.0. The maximum atomic E-state index is 13.1. The topological polar surface area (TPSA) is 70.1 Å². The summed E-state index contributed by atoms with van der Waals surface area (Å²) >= 11 is 0. The van der Waals surface area contributed by atoms with Gasteiger partial charge in [-0.25, -0.2) is 4.79 Å². The molecule has 2 heterocycles. The first-order chi connectivity index (χ1) is 20.2. The molecule has 0 N–H and O–H groups in total. The van der Waals surface area contributed by atoms with Crippen molar-refractivity contribution in [2.45, 2.75) is 64.4 Å². The van der Waals surface area contributed by atoms with E-state index in [0.717, 1.165) is 25.0 Å². The summed E-state index contributed by atoms with van der Waals surface area (Å²) in [7, 11) is 3.41. The van der Waals surface area contributed by atoms with Crippen molar-refractivity contribution in [2.24, 2.45) is 0 Å². The Bertz CT molecular complexity index is 1300. The fourth-order valence-electron chi connectivity index (χ4n) is 5.81. The molecule has 0 bridgehead atoms. The van der Waals surface area contributed by atoms with Crippen LogP contribution in [0.2, 0.25) is 0 Å². The van der Waals surface area contributed by atoms with Gasteiger partial charge in [0.2, 0.25) is 0 Å². The molecule has 7 nitrogen and oxygen atoms in total. The van der Waals surface area contributed by atoms with E-state index in [1.165, 1.54) is 33.4 Å². The Hall–Kier alpha value is -3.42. The number of benzene rings is 2.